The summed E-state index contributed by atoms with van der Waals surface area (Å²) in [5.74, 6) is -0.531. The van der Waals surface area contributed by atoms with Gasteiger partial charge in [0.25, 0.3) is 0 Å². The van der Waals surface area contributed by atoms with Gasteiger partial charge in [-0.05, 0) is 25.5 Å². The number of carbonyl (C=O) groups excluding carboxylic acids is 1. The second kappa shape index (κ2) is 4.12. The Bertz CT molecular complexity index is 419. The Kier molecular flexibility index (Phi) is 2.81. The van der Waals surface area contributed by atoms with Gasteiger partial charge in [0.15, 0.2) is 0 Å². The van der Waals surface area contributed by atoms with Gasteiger partial charge in [0.05, 0.1) is 12.2 Å². The van der Waals surface area contributed by atoms with Gasteiger partial charge in [-0.15, -0.1) is 0 Å². The molecule has 16 heavy (non-hydrogen) atoms. The number of carbonyl (C=O) groups is 1. The van der Waals surface area contributed by atoms with Crippen LogP contribution in [-0.4, -0.2) is 18.5 Å². The van der Waals surface area contributed by atoms with Crippen molar-refractivity contribution in [2.24, 2.45) is 0 Å². The monoisotopic (exact) mass is 222 g/mol. The third-order valence-electron chi connectivity index (χ3n) is 3.00. The largest absolute Gasteiger partial charge is 0.358 e. The summed E-state index contributed by atoms with van der Waals surface area (Å²) in [7, 11) is 0. The van der Waals surface area contributed by atoms with E-state index in [2.05, 4.69) is 12.2 Å². The van der Waals surface area contributed by atoms with Gasteiger partial charge in [0, 0.05) is 6.04 Å². The van der Waals surface area contributed by atoms with E-state index in [1.807, 2.05) is 17.9 Å². The van der Waals surface area contributed by atoms with E-state index in [4.69, 9.17) is 0 Å². The van der Waals surface area contributed by atoms with Crippen molar-refractivity contribution in [3.05, 3.63) is 24.0 Å². The van der Waals surface area contributed by atoms with Crippen LogP contribution in [0, 0.1) is 5.82 Å². The van der Waals surface area contributed by atoms with Gasteiger partial charge in [-0.1, -0.05) is 13.0 Å². The molecule has 1 aliphatic heterocycles. The van der Waals surface area contributed by atoms with Crippen LogP contribution < -0.4 is 10.2 Å². The summed E-state index contributed by atoms with van der Waals surface area (Å²) in [5, 5.41) is 2.58. The molecule has 0 bridgehead atoms. The average molecular weight is 222 g/mol. The molecule has 0 radical (unpaired) electrons. The van der Waals surface area contributed by atoms with Gasteiger partial charge < -0.3 is 10.2 Å². The Balaban J connectivity index is 2.46. The van der Waals surface area contributed by atoms with Crippen molar-refractivity contribution < 1.29 is 9.18 Å². The van der Waals surface area contributed by atoms with Crippen LogP contribution in [0.25, 0.3) is 0 Å². The SMILES string of the molecule is CCC(C)N1CC(=O)Nc2c(F)cccc21. The van der Waals surface area contributed by atoms with Gasteiger partial charge in [0.2, 0.25) is 5.91 Å². The molecule has 2 rings (SSSR count). The molecular weight excluding hydrogens is 207 g/mol. The molecule has 0 aliphatic carbocycles. The highest BCUT2D eigenvalue weighted by Crippen LogP contribution is 2.33. The Labute approximate surface area is 94.3 Å². The number of amides is 1. The van der Waals surface area contributed by atoms with Crippen molar-refractivity contribution >= 4 is 17.3 Å². The summed E-state index contributed by atoms with van der Waals surface area (Å²) >= 11 is 0. The number of benzene rings is 1. The summed E-state index contributed by atoms with van der Waals surface area (Å²) < 4.78 is 13.5. The number of nitrogens with one attached hydrogen (secondary N) is 1. The van der Waals surface area contributed by atoms with Gasteiger partial charge in [-0.25, -0.2) is 4.39 Å². The van der Waals surface area contributed by atoms with Crippen molar-refractivity contribution in [2.75, 3.05) is 16.8 Å². The molecule has 1 N–H and O–H groups in total. The smallest absolute Gasteiger partial charge is 0.244 e. The van der Waals surface area contributed by atoms with Crippen molar-refractivity contribution in [3.63, 3.8) is 0 Å². The van der Waals surface area contributed by atoms with Gasteiger partial charge in [0.1, 0.15) is 11.5 Å². The fraction of sp³-hybridized carbons (Fsp3) is 0.417. The number of halogens is 1. The zero-order chi connectivity index (χ0) is 11.7. The zero-order valence-corrected chi connectivity index (χ0v) is 9.46. The molecule has 0 aromatic heterocycles. The number of hydrogen-bond donors (Lipinski definition) is 1. The quantitative estimate of drug-likeness (QED) is 0.833. The number of anilines is 2. The van der Waals surface area contributed by atoms with E-state index in [0.29, 0.717) is 12.2 Å². The molecule has 0 spiro atoms. The topological polar surface area (TPSA) is 32.3 Å². The maximum Gasteiger partial charge on any atom is 0.244 e. The zero-order valence-electron chi connectivity index (χ0n) is 9.46. The fourth-order valence-electron chi connectivity index (χ4n) is 1.91. The van der Waals surface area contributed by atoms with Crippen molar-refractivity contribution in [1.29, 1.82) is 0 Å². The van der Waals surface area contributed by atoms with Crippen LogP contribution in [0.4, 0.5) is 15.8 Å². The molecule has 1 amide bonds. The predicted octanol–water partition coefficient (Wildman–Crippen LogP) is 2.38. The summed E-state index contributed by atoms with van der Waals surface area (Å²) in [6.07, 6.45) is 0.920. The van der Waals surface area contributed by atoms with E-state index < -0.39 is 0 Å². The van der Waals surface area contributed by atoms with E-state index in [-0.39, 0.29) is 17.8 Å². The second-order valence-electron chi connectivity index (χ2n) is 4.07. The van der Waals surface area contributed by atoms with E-state index in [1.54, 1.807) is 6.07 Å². The van der Waals surface area contributed by atoms with Crippen molar-refractivity contribution in [3.8, 4) is 0 Å². The first-order valence-corrected chi connectivity index (χ1v) is 5.48. The van der Waals surface area contributed by atoms with Crippen molar-refractivity contribution in [2.45, 2.75) is 26.3 Å². The minimum Gasteiger partial charge on any atom is -0.358 e. The highest BCUT2D eigenvalue weighted by molar-refractivity contribution is 6.01. The van der Waals surface area contributed by atoms with Crippen molar-refractivity contribution in [1.82, 2.24) is 0 Å². The second-order valence-corrected chi connectivity index (χ2v) is 4.07. The Morgan fingerprint density at radius 2 is 2.31 bits per heavy atom. The molecule has 1 aromatic rings. The van der Waals surface area contributed by atoms with E-state index >= 15 is 0 Å². The molecule has 4 heteroatoms. The normalized spacial score (nSPS) is 16.7. The molecular formula is C12H15FN2O. The molecule has 0 saturated carbocycles. The summed E-state index contributed by atoms with van der Waals surface area (Å²) in [6.45, 7) is 4.38. The Morgan fingerprint density at radius 1 is 1.56 bits per heavy atom. The number of para-hydroxylation sites is 1. The van der Waals surface area contributed by atoms with Crippen LogP contribution in [-0.2, 0) is 4.79 Å². The maximum atomic E-state index is 13.5. The maximum absolute atomic E-state index is 13.5. The number of nitrogens with zero attached hydrogens (tertiary/aromatic N) is 1. The van der Waals surface area contributed by atoms with Crippen LogP contribution in [0.5, 0.6) is 0 Å². The molecule has 3 nitrogen and oxygen atoms in total. The lowest BCUT2D eigenvalue weighted by Crippen LogP contribution is -2.43. The lowest BCUT2D eigenvalue weighted by atomic mass is 10.1. The Morgan fingerprint density at radius 3 is 3.00 bits per heavy atom. The molecule has 1 aromatic carbocycles. The highest BCUT2D eigenvalue weighted by atomic mass is 19.1. The first-order chi connectivity index (χ1) is 7.63. The third-order valence-corrected chi connectivity index (χ3v) is 3.00. The fourth-order valence-corrected chi connectivity index (χ4v) is 1.91. The van der Waals surface area contributed by atoms with Crippen LogP contribution in [0.3, 0.4) is 0 Å². The standard InChI is InChI=1S/C12H15FN2O/c1-3-8(2)15-7-11(16)14-12-9(13)5-4-6-10(12)15/h4-6,8H,3,7H2,1-2H3,(H,14,16). The lowest BCUT2D eigenvalue weighted by Gasteiger charge is -2.35. The van der Waals surface area contributed by atoms with E-state index in [1.165, 1.54) is 6.07 Å². The number of fused-ring (bicyclic) bond motifs is 1. The number of rotatable bonds is 2. The molecule has 86 valence electrons. The average Bonchev–Trinajstić information content (AvgIpc) is 2.28. The van der Waals surface area contributed by atoms with Crippen LogP contribution >= 0.6 is 0 Å². The van der Waals surface area contributed by atoms with Crippen LogP contribution in [0.15, 0.2) is 18.2 Å². The first kappa shape index (κ1) is 10.9. The van der Waals surface area contributed by atoms with Crippen LogP contribution in [0.2, 0.25) is 0 Å². The lowest BCUT2D eigenvalue weighted by molar-refractivity contribution is -0.115. The molecule has 1 heterocycles. The van der Waals surface area contributed by atoms with Gasteiger partial charge in [-0.2, -0.15) is 0 Å². The Hall–Kier alpha value is -1.58. The van der Waals surface area contributed by atoms with Gasteiger partial charge in [-0.3, -0.25) is 4.79 Å². The predicted molar refractivity (Wildman–Crippen MR) is 62.1 cm³/mol. The van der Waals surface area contributed by atoms with E-state index in [0.717, 1.165) is 12.1 Å². The minimum absolute atomic E-state index is 0.155. The summed E-state index contributed by atoms with van der Waals surface area (Å²) in [4.78, 5) is 13.4. The molecule has 1 atom stereocenters. The minimum atomic E-state index is -0.376. The number of hydrogen-bond acceptors (Lipinski definition) is 2. The summed E-state index contributed by atoms with van der Waals surface area (Å²) in [5.41, 5.74) is 1.08. The third kappa shape index (κ3) is 1.75. The van der Waals surface area contributed by atoms with Crippen LogP contribution in [0.1, 0.15) is 20.3 Å². The summed E-state index contributed by atoms with van der Waals surface area (Å²) in [6, 6.07) is 5.09. The van der Waals surface area contributed by atoms with E-state index in [9.17, 15) is 9.18 Å². The molecule has 1 aliphatic rings. The first-order valence-electron chi connectivity index (χ1n) is 5.48. The highest BCUT2D eigenvalue weighted by Gasteiger charge is 2.26. The molecule has 0 saturated heterocycles. The molecule has 1 unspecified atom stereocenters. The van der Waals surface area contributed by atoms with Gasteiger partial charge >= 0.3 is 0 Å². The molecule has 0 fully saturated rings.